The summed E-state index contributed by atoms with van der Waals surface area (Å²) < 4.78 is 1.99. The molecule has 2 aromatic heterocycles. The number of aryl methyl sites for hydroxylation is 2. The molecule has 1 aliphatic heterocycles. The van der Waals surface area contributed by atoms with Gasteiger partial charge in [-0.25, -0.2) is 9.97 Å². The van der Waals surface area contributed by atoms with Gasteiger partial charge in [-0.05, 0) is 13.3 Å². The van der Waals surface area contributed by atoms with E-state index in [4.69, 9.17) is 0 Å². The maximum Gasteiger partial charge on any atom is 0.222 e. The van der Waals surface area contributed by atoms with Gasteiger partial charge in [0.15, 0.2) is 0 Å². The van der Waals surface area contributed by atoms with Crippen LogP contribution in [0.2, 0.25) is 0 Å². The lowest BCUT2D eigenvalue weighted by molar-refractivity contribution is -0.137. The Balaban J connectivity index is 1.80. The highest BCUT2D eigenvalue weighted by Gasteiger charge is 2.36. The van der Waals surface area contributed by atoms with Gasteiger partial charge >= 0.3 is 0 Å². The molecule has 0 saturated carbocycles. The van der Waals surface area contributed by atoms with Crippen molar-refractivity contribution in [1.82, 2.24) is 24.4 Å². The fraction of sp³-hybridized carbons (Fsp3) is 0.500. The summed E-state index contributed by atoms with van der Waals surface area (Å²) >= 11 is 0. The van der Waals surface area contributed by atoms with E-state index in [-0.39, 0.29) is 17.9 Å². The Bertz CT molecular complexity index is 697. The first-order valence-electron chi connectivity index (χ1n) is 7.82. The van der Waals surface area contributed by atoms with Crippen LogP contribution < -0.4 is 5.32 Å². The Hall–Kier alpha value is -2.44. The van der Waals surface area contributed by atoms with Crippen LogP contribution in [0.3, 0.4) is 0 Å². The standard InChI is InChI=1S/C16H22N6O/c1-11-15(18-7-6-17-11)20-10-12-4-5-13(23)22(3)14(12)16-19-8-9-21(16)2/h6-9,12,14H,4-5,10H2,1-3H3,(H,18,20)/t12-,14+/m1/s1. The maximum absolute atomic E-state index is 12.1. The minimum absolute atomic E-state index is 0.0271. The van der Waals surface area contributed by atoms with Gasteiger partial charge in [-0.3, -0.25) is 9.78 Å². The number of piperidine rings is 1. The fourth-order valence-corrected chi connectivity index (χ4v) is 3.18. The topological polar surface area (TPSA) is 75.9 Å². The third kappa shape index (κ3) is 3.04. The number of nitrogens with one attached hydrogen (secondary N) is 1. The van der Waals surface area contributed by atoms with Gasteiger partial charge < -0.3 is 14.8 Å². The lowest BCUT2D eigenvalue weighted by Gasteiger charge is -2.38. The summed E-state index contributed by atoms with van der Waals surface area (Å²) in [6.45, 7) is 2.66. The van der Waals surface area contributed by atoms with Crippen LogP contribution in [0.15, 0.2) is 24.8 Å². The molecule has 7 nitrogen and oxygen atoms in total. The van der Waals surface area contributed by atoms with Crippen molar-refractivity contribution in [3.05, 3.63) is 36.3 Å². The number of hydrogen-bond donors (Lipinski definition) is 1. The zero-order valence-electron chi connectivity index (χ0n) is 13.7. The fourth-order valence-electron chi connectivity index (χ4n) is 3.18. The molecule has 23 heavy (non-hydrogen) atoms. The molecule has 3 heterocycles. The Morgan fingerprint density at radius 1 is 1.22 bits per heavy atom. The molecule has 1 amide bonds. The van der Waals surface area contributed by atoms with Crippen LogP contribution in [0.25, 0.3) is 0 Å². The molecule has 1 aliphatic rings. The number of carbonyl (C=O) groups excluding carboxylic acids is 1. The number of carbonyl (C=O) groups is 1. The van der Waals surface area contributed by atoms with Crippen molar-refractivity contribution >= 4 is 11.7 Å². The molecule has 0 radical (unpaired) electrons. The molecule has 3 rings (SSSR count). The molecular formula is C16H22N6O. The molecule has 0 spiro atoms. The summed E-state index contributed by atoms with van der Waals surface area (Å²) in [5.41, 5.74) is 0.876. The predicted molar refractivity (Wildman–Crippen MR) is 86.7 cm³/mol. The number of aromatic nitrogens is 4. The molecule has 0 bridgehead atoms. The number of rotatable bonds is 4. The van der Waals surface area contributed by atoms with Gasteiger partial charge in [0.1, 0.15) is 11.6 Å². The van der Waals surface area contributed by atoms with Crippen LogP contribution in [-0.2, 0) is 11.8 Å². The van der Waals surface area contributed by atoms with E-state index >= 15 is 0 Å². The summed E-state index contributed by atoms with van der Waals surface area (Å²) in [6.07, 6.45) is 8.47. The van der Waals surface area contributed by atoms with Gasteiger partial charge in [-0.2, -0.15) is 0 Å². The zero-order valence-corrected chi connectivity index (χ0v) is 13.7. The molecule has 1 N–H and O–H groups in total. The van der Waals surface area contributed by atoms with Gasteiger partial charge in [0.05, 0.1) is 11.7 Å². The van der Waals surface area contributed by atoms with Crippen molar-refractivity contribution < 1.29 is 4.79 Å². The van der Waals surface area contributed by atoms with Crippen LogP contribution in [0.5, 0.6) is 0 Å². The van der Waals surface area contributed by atoms with Gasteiger partial charge in [-0.1, -0.05) is 0 Å². The third-order valence-electron chi connectivity index (χ3n) is 4.52. The number of nitrogens with zero attached hydrogens (tertiary/aromatic N) is 5. The molecule has 122 valence electrons. The van der Waals surface area contributed by atoms with Crippen LogP contribution >= 0.6 is 0 Å². The molecule has 2 aromatic rings. The normalized spacial score (nSPS) is 21.5. The Morgan fingerprint density at radius 2 is 2.00 bits per heavy atom. The SMILES string of the molecule is Cc1nccnc1NC[C@H]1CCC(=O)N(C)[C@@H]1c1nccn1C. The predicted octanol–water partition coefficient (Wildman–Crippen LogP) is 1.54. The second kappa shape index (κ2) is 6.36. The minimum atomic E-state index is -0.0271. The molecule has 0 aliphatic carbocycles. The minimum Gasteiger partial charge on any atom is -0.368 e. The van der Waals surface area contributed by atoms with E-state index in [0.29, 0.717) is 6.42 Å². The average Bonchev–Trinajstić information content (AvgIpc) is 2.95. The van der Waals surface area contributed by atoms with Crippen LogP contribution in [0.1, 0.15) is 30.4 Å². The van der Waals surface area contributed by atoms with Crippen LogP contribution in [-0.4, -0.2) is 43.9 Å². The smallest absolute Gasteiger partial charge is 0.222 e. The highest BCUT2D eigenvalue weighted by atomic mass is 16.2. The first-order chi connectivity index (χ1) is 11.1. The van der Waals surface area contributed by atoms with Crippen LogP contribution in [0, 0.1) is 12.8 Å². The molecule has 0 unspecified atom stereocenters. The lowest BCUT2D eigenvalue weighted by Crippen LogP contribution is -2.43. The molecule has 1 saturated heterocycles. The lowest BCUT2D eigenvalue weighted by atomic mass is 9.88. The largest absolute Gasteiger partial charge is 0.368 e. The van der Waals surface area contributed by atoms with Gasteiger partial charge in [-0.15, -0.1) is 0 Å². The first kappa shape index (κ1) is 15.5. The van der Waals surface area contributed by atoms with E-state index in [1.807, 2.05) is 36.7 Å². The summed E-state index contributed by atoms with van der Waals surface area (Å²) in [7, 11) is 3.83. The van der Waals surface area contributed by atoms with Crippen molar-refractivity contribution in [2.75, 3.05) is 18.9 Å². The van der Waals surface area contributed by atoms with Crippen LogP contribution in [0.4, 0.5) is 5.82 Å². The molecular weight excluding hydrogens is 292 g/mol. The number of likely N-dealkylation sites (tertiary alicyclic amines) is 1. The molecule has 1 fully saturated rings. The highest BCUT2D eigenvalue weighted by molar-refractivity contribution is 5.77. The second-order valence-electron chi connectivity index (χ2n) is 6.02. The number of amides is 1. The number of imidazole rings is 1. The quantitative estimate of drug-likeness (QED) is 0.926. The Morgan fingerprint density at radius 3 is 2.70 bits per heavy atom. The third-order valence-corrected chi connectivity index (χ3v) is 4.52. The zero-order chi connectivity index (χ0) is 16.4. The van der Waals surface area contributed by atoms with Crippen molar-refractivity contribution in [3.63, 3.8) is 0 Å². The molecule has 7 heteroatoms. The van der Waals surface area contributed by atoms with Gasteiger partial charge in [0, 0.05) is 57.8 Å². The van der Waals surface area contributed by atoms with E-state index in [1.165, 1.54) is 0 Å². The first-order valence-corrected chi connectivity index (χ1v) is 7.82. The molecule has 2 atom stereocenters. The summed E-state index contributed by atoms with van der Waals surface area (Å²) in [4.78, 5) is 27.0. The monoisotopic (exact) mass is 314 g/mol. The summed E-state index contributed by atoms with van der Waals surface area (Å²) in [5, 5.41) is 3.38. The van der Waals surface area contributed by atoms with E-state index in [0.717, 1.165) is 30.3 Å². The van der Waals surface area contributed by atoms with E-state index in [9.17, 15) is 4.79 Å². The summed E-state index contributed by atoms with van der Waals surface area (Å²) in [6, 6.07) is -0.0271. The number of hydrogen-bond acceptors (Lipinski definition) is 5. The summed E-state index contributed by atoms with van der Waals surface area (Å²) in [5.74, 6) is 2.17. The van der Waals surface area contributed by atoms with Gasteiger partial charge in [0.25, 0.3) is 0 Å². The average molecular weight is 314 g/mol. The number of anilines is 1. The van der Waals surface area contributed by atoms with Crippen molar-refractivity contribution in [3.8, 4) is 0 Å². The van der Waals surface area contributed by atoms with Gasteiger partial charge in [0.2, 0.25) is 5.91 Å². The van der Waals surface area contributed by atoms with Crippen molar-refractivity contribution in [2.24, 2.45) is 13.0 Å². The Labute approximate surface area is 135 Å². The Kier molecular flexibility index (Phi) is 4.27. The molecule has 0 aromatic carbocycles. The van der Waals surface area contributed by atoms with E-state index < -0.39 is 0 Å². The highest BCUT2D eigenvalue weighted by Crippen LogP contribution is 2.34. The van der Waals surface area contributed by atoms with E-state index in [1.54, 1.807) is 18.6 Å². The maximum atomic E-state index is 12.1. The van der Waals surface area contributed by atoms with Crippen molar-refractivity contribution in [2.45, 2.75) is 25.8 Å². The van der Waals surface area contributed by atoms with Crippen molar-refractivity contribution in [1.29, 1.82) is 0 Å². The van der Waals surface area contributed by atoms with E-state index in [2.05, 4.69) is 20.3 Å². The second-order valence-corrected chi connectivity index (χ2v) is 6.02.